The van der Waals surface area contributed by atoms with E-state index in [1.807, 2.05) is 24.3 Å². The summed E-state index contributed by atoms with van der Waals surface area (Å²) >= 11 is 0. The summed E-state index contributed by atoms with van der Waals surface area (Å²) in [5.41, 5.74) is 2.91. The maximum atomic E-state index is 12.9. The third-order valence-electron chi connectivity index (χ3n) is 5.69. The Hall–Kier alpha value is -4.24. The van der Waals surface area contributed by atoms with Crippen LogP contribution in [-0.2, 0) is 16.1 Å². The smallest absolute Gasteiger partial charge is 0.271 e. The van der Waals surface area contributed by atoms with E-state index in [1.165, 1.54) is 12.1 Å². The van der Waals surface area contributed by atoms with E-state index in [1.54, 1.807) is 23.0 Å². The van der Waals surface area contributed by atoms with Crippen molar-refractivity contribution in [1.82, 2.24) is 14.9 Å². The normalized spacial score (nSPS) is 14.0. The molecule has 0 fully saturated rings. The predicted octanol–water partition coefficient (Wildman–Crippen LogP) is 2.98. The maximum Gasteiger partial charge on any atom is 0.271 e. The molecule has 0 saturated carbocycles. The molecular formula is C23H18N4O5. The average molecular weight is 430 g/mol. The molecule has 0 aliphatic carbocycles. The lowest BCUT2D eigenvalue weighted by Crippen LogP contribution is -2.22. The number of fused-ring (bicyclic) bond motifs is 2. The molecule has 160 valence electrons. The van der Waals surface area contributed by atoms with E-state index in [2.05, 4.69) is 10.3 Å². The van der Waals surface area contributed by atoms with Crippen LogP contribution in [0.1, 0.15) is 17.5 Å². The number of para-hydroxylation sites is 1. The van der Waals surface area contributed by atoms with Gasteiger partial charge in [0.1, 0.15) is 0 Å². The number of nitrogens with one attached hydrogen (secondary N) is 2. The Morgan fingerprint density at radius 1 is 1.00 bits per heavy atom. The number of carbonyl (C=O) groups excluding carboxylic acids is 2. The highest BCUT2D eigenvalue weighted by Gasteiger charge is 2.35. The van der Waals surface area contributed by atoms with Gasteiger partial charge in [-0.3, -0.25) is 25.0 Å². The molecule has 3 heterocycles. The second kappa shape index (κ2) is 7.47. The zero-order valence-electron chi connectivity index (χ0n) is 16.8. The molecule has 5 rings (SSSR count). The van der Waals surface area contributed by atoms with Gasteiger partial charge in [-0.25, -0.2) is 0 Å². The fourth-order valence-corrected chi connectivity index (χ4v) is 4.27. The van der Waals surface area contributed by atoms with Crippen LogP contribution in [0.15, 0.2) is 54.9 Å². The number of amides is 2. The van der Waals surface area contributed by atoms with Gasteiger partial charge in [-0.15, -0.1) is 0 Å². The number of hydrogen-bond donors (Lipinski definition) is 3. The molecule has 3 N–H and O–H groups in total. The first-order valence-electron chi connectivity index (χ1n) is 10.0. The van der Waals surface area contributed by atoms with E-state index in [0.717, 1.165) is 10.9 Å². The van der Waals surface area contributed by atoms with E-state index in [4.69, 9.17) is 0 Å². The van der Waals surface area contributed by atoms with Crippen molar-refractivity contribution in [2.75, 3.05) is 6.61 Å². The number of aryl methyl sites for hydroxylation is 1. The molecule has 0 bridgehead atoms. The van der Waals surface area contributed by atoms with Crippen molar-refractivity contribution in [1.29, 1.82) is 0 Å². The Morgan fingerprint density at radius 3 is 2.50 bits per heavy atom. The summed E-state index contributed by atoms with van der Waals surface area (Å²) < 4.78 is 1.77. The summed E-state index contributed by atoms with van der Waals surface area (Å²) in [5.74, 6) is -1.01. The molecule has 2 aromatic heterocycles. The Balaban J connectivity index is 1.79. The number of carbonyl (C=O) groups is 2. The van der Waals surface area contributed by atoms with Crippen LogP contribution in [0.4, 0.5) is 5.69 Å². The Labute approximate surface area is 181 Å². The zero-order valence-corrected chi connectivity index (χ0v) is 16.8. The van der Waals surface area contributed by atoms with Crippen LogP contribution in [0.25, 0.3) is 33.0 Å². The number of aromatic nitrogens is 2. The number of aliphatic hydroxyl groups is 1. The van der Waals surface area contributed by atoms with Gasteiger partial charge in [0.2, 0.25) is 0 Å². The number of nitro benzene ring substituents is 1. The van der Waals surface area contributed by atoms with Gasteiger partial charge in [0, 0.05) is 65.1 Å². The van der Waals surface area contributed by atoms with Gasteiger partial charge in [-0.1, -0.05) is 18.2 Å². The molecule has 0 atom stereocenters. The quantitative estimate of drug-likeness (QED) is 0.246. The van der Waals surface area contributed by atoms with E-state index in [9.17, 15) is 24.8 Å². The molecule has 2 aromatic carbocycles. The summed E-state index contributed by atoms with van der Waals surface area (Å²) in [5, 5.41) is 24.4. The second-order valence-electron chi connectivity index (χ2n) is 7.55. The van der Waals surface area contributed by atoms with Gasteiger partial charge < -0.3 is 14.7 Å². The molecule has 2 amide bonds. The Morgan fingerprint density at radius 2 is 1.75 bits per heavy atom. The lowest BCUT2D eigenvalue weighted by Gasteiger charge is -2.03. The zero-order chi connectivity index (χ0) is 22.4. The number of imide groups is 1. The fourth-order valence-electron chi connectivity index (χ4n) is 4.27. The molecule has 0 spiro atoms. The number of H-pyrrole nitrogens is 1. The lowest BCUT2D eigenvalue weighted by molar-refractivity contribution is -0.384. The van der Waals surface area contributed by atoms with Gasteiger partial charge in [-0.2, -0.15) is 0 Å². The molecular weight excluding hydrogens is 412 g/mol. The largest absolute Gasteiger partial charge is 0.396 e. The van der Waals surface area contributed by atoms with E-state index in [-0.39, 0.29) is 23.4 Å². The molecule has 0 saturated heterocycles. The number of hydrogen-bond acceptors (Lipinski definition) is 5. The molecule has 4 aromatic rings. The van der Waals surface area contributed by atoms with Crippen molar-refractivity contribution in [3.63, 3.8) is 0 Å². The van der Waals surface area contributed by atoms with Crippen molar-refractivity contribution in [3.8, 4) is 0 Å². The minimum Gasteiger partial charge on any atom is -0.396 e. The van der Waals surface area contributed by atoms with Crippen molar-refractivity contribution in [2.45, 2.75) is 13.0 Å². The summed E-state index contributed by atoms with van der Waals surface area (Å²) in [6.45, 7) is 0.353. The molecule has 32 heavy (non-hydrogen) atoms. The standard InChI is InChI=1S/C23H18N4O5/c28-9-3-8-26-12-17(15-7-6-13(27(31)32)10-19(15)26)21-20(22(29)25-23(21)30)16-11-24-18-5-2-1-4-14(16)18/h1-2,4-7,10-12,24,28H,3,8-9H2,(H,25,29,30). The molecule has 9 heteroatoms. The highest BCUT2D eigenvalue weighted by Crippen LogP contribution is 2.39. The van der Waals surface area contributed by atoms with Gasteiger partial charge in [-0.05, 0) is 18.6 Å². The number of non-ortho nitro benzene ring substituents is 1. The molecule has 0 unspecified atom stereocenters. The van der Waals surface area contributed by atoms with Crippen LogP contribution in [0, 0.1) is 10.1 Å². The first-order chi connectivity index (χ1) is 15.5. The van der Waals surface area contributed by atoms with E-state index < -0.39 is 16.7 Å². The number of nitro groups is 1. The third-order valence-corrected chi connectivity index (χ3v) is 5.69. The van der Waals surface area contributed by atoms with E-state index in [0.29, 0.717) is 35.0 Å². The summed E-state index contributed by atoms with van der Waals surface area (Å²) in [7, 11) is 0. The Kier molecular flexibility index (Phi) is 4.60. The van der Waals surface area contributed by atoms with Crippen LogP contribution in [-0.4, -0.2) is 38.0 Å². The van der Waals surface area contributed by atoms with Crippen molar-refractivity contribution in [3.05, 3.63) is 76.1 Å². The first-order valence-corrected chi connectivity index (χ1v) is 10.0. The Bertz CT molecular complexity index is 1460. The number of rotatable bonds is 6. The molecule has 1 aliphatic rings. The number of aromatic amines is 1. The predicted molar refractivity (Wildman–Crippen MR) is 119 cm³/mol. The molecule has 9 nitrogen and oxygen atoms in total. The number of benzene rings is 2. The topological polar surface area (TPSA) is 130 Å². The number of aliphatic hydroxyl groups excluding tert-OH is 1. The van der Waals surface area contributed by atoms with Gasteiger partial charge >= 0.3 is 0 Å². The minimum absolute atomic E-state index is 0.0494. The molecule has 0 radical (unpaired) electrons. The van der Waals surface area contributed by atoms with Gasteiger partial charge in [0.05, 0.1) is 21.6 Å². The monoisotopic (exact) mass is 430 g/mol. The molecule has 1 aliphatic heterocycles. The van der Waals surface area contributed by atoms with Crippen LogP contribution in [0.2, 0.25) is 0 Å². The van der Waals surface area contributed by atoms with Crippen molar-refractivity contribution >= 4 is 50.5 Å². The highest BCUT2D eigenvalue weighted by atomic mass is 16.6. The lowest BCUT2D eigenvalue weighted by atomic mass is 9.95. The SMILES string of the molecule is O=C1NC(=O)C(c2cn(CCCO)c3cc([N+](=O)[O-])ccc23)=C1c1c[nH]c2ccccc12. The van der Waals surface area contributed by atoms with Crippen molar-refractivity contribution < 1.29 is 19.6 Å². The van der Waals surface area contributed by atoms with Gasteiger partial charge in [0.15, 0.2) is 0 Å². The van der Waals surface area contributed by atoms with Crippen LogP contribution >= 0.6 is 0 Å². The third kappa shape index (κ3) is 2.98. The first kappa shape index (κ1) is 19.7. The van der Waals surface area contributed by atoms with Crippen LogP contribution in [0.5, 0.6) is 0 Å². The average Bonchev–Trinajstić information content (AvgIpc) is 3.44. The van der Waals surface area contributed by atoms with Crippen LogP contribution < -0.4 is 5.32 Å². The fraction of sp³-hybridized carbons (Fsp3) is 0.130. The van der Waals surface area contributed by atoms with Gasteiger partial charge in [0.25, 0.3) is 17.5 Å². The van der Waals surface area contributed by atoms with E-state index >= 15 is 0 Å². The van der Waals surface area contributed by atoms with Crippen molar-refractivity contribution in [2.24, 2.45) is 0 Å². The summed E-state index contributed by atoms with van der Waals surface area (Å²) in [4.78, 5) is 39.7. The summed E-state index contributed by atoms with van der Waals surface area (Å²) in [6, 6.07) is 11.9. The minimum atomic E-state index is -0.519. The van der Waals surface area contributed by atoms with Crippen LogP contribution in [0.3, 0.4) is 0 Å². The summed E-state index contributed by atoms with van der Waals surface area (Å²) in [6.07, 6.45) is 3.85. The highest BCUT2D eigenvalue weighted by molar-refractivity contribution is 6.50. The maximum absolute atomic E-state index is 12.9. The number of nitrogens with zero attached hydrogens (tertiary/aromatic N) is 2. The second-order valence-corrected chi connectivity index (χ2v) is 7.55.